The topological polar surface area (TPSA) is 64.6 Å². The molecule has 1 heterocycles. The molecule has 1 aliphatic heterocycles. The van der Waals surface area contributed by atoms with E-state index in [9.17, 15) is 8.42 Å². The second-order valence-corrected chi connectivity index (χ2v) is 7.53. The van der Waals surface area contributed by atoms with Crippen LogP contribution in [-0.4, -0.2) is 39.3 Å². The van der Waals surface area contributed by atoms with Crippen molar-refractivity contribution in [2.45, 2.75) is 37.1 Å². The van der Waals surface area contributed by atoms with Gasteiger partial charge in [-0.2, -0.15) is 0 Å². The van der Waals surface area contributed by atoms with Gasteiger partial charge in [-0.05, 0) is 38.0 Å². The average Bonchev–Trinajstić information content (AvgIpc) is 2.77. The lowest BCUT2D eigenvalue weighted by Crippen LogP contribution is -2.34. The summed E-state index contributed by atoms with van der Waals surface area (Å²) in [5, 5.41) is 0. The van der Waals surface area contributed by atoms with Gasteiger partial charge in [-0.1, -0.05) is 12.1 Å². The fraction of sp³-hybridized carbons (Fsp3) is 0.571. The lowest BCUT2D eigenvalue weighted by molar-refractivity contribution is -0.137. The van der Waals surface area contributed by atoms with Crippen LogP contribution in [0, 0.1) is 0 Å². The van der Waals surface area contributed by atoms with Crippen molar-refractivity contribution in [3.05, 3.63) is 29.8 Å². The van der Waals surface area contributed by atoms with Crippen LogP contribution in [0.25, 0.3) is 0 Å². The summed E-state index contributed by atoms with van der Waals surface area (Å²) in [7, 11) is -3.54. The molecule has 7 heteroatoms. The van der Waals surface area contributed by atoms with Gasteiger partial charge >= 0.3 is 0 Å². The van der Waals surface area contributed by atoms with Crippen molar-refractivity contribution < 1.29 is 17.9 Å². The average molecular weight is 334 g/mol. The van der Waals surface area contributed by atoms with E-state index < -0.39 is 15.8 Å². The normalized spacial score (nSPS) is 21.6. The molecule has 5 nitrogen and oxygen atoms in total. The van der Waals surface area contributed by atoms with Crippen LogP contribution in [0.5, 0.6) is 0 Å². The molecule has 0 spiro atoms. The van der Waals surface area contributed by atoms with E-state index >= 15 is 0 Å². The molecule has 1 aromatic rings. The molecule has 0 amide bonds. The summed E-state index contributed by atoms with van der Waals surface area (Å²) in [4.78, 5) is 0.235. The number of hydrogen-bond donors (Lipinski definition) is 1. The molecule has 1 N–H and O–H groups in total. The van der Waals surface area contributed by atoms with Gasteiger partial charge in [0.15, 0.2) is 5.79 Å². The number of hydrogen-bond acceptors (Lipinski definition) is 4. The van der Waals surface area contributed by atoms with Crippen molar-refractivity contribution in [1.82, 2.24) is 4.72 Å². The first-order chi connectivity index (χ1) is 9.82. The molecule has 2 rings (SSSR count). The number of alkyl halides is 1. The molecule has 1 aliphatic rings. The molecule has 21 heavy (non-hydrogen) atoms. The Balaban J connectivity index is 1.95. The van der Waals surface area contributed by atoms with Crippen molar-refractivity contribution in [2.75, 3.05) is 19.0 Å². The third-order valence-electron chi connectivity index (χ3n) is 3.19. The molecule has 1 fully saturated rings. The summed E-state index contributed by atoms with van der Waals surface area (Å²) in [6, 6.07) is 6.71. The number of halogens is 1. The van der Waals surface area contributed by atoms with E-state index in [0.717, 1.165) is 12.0 Å². The van der Waals surface area contributed by atoms with Gasteiger partial charge in [0, 0.05) is 12.4 Å². The highest BCUT2D eigenvalue weighted by molar-refractivity contribution is 7.89. The van der Waals surface area contributed by atoms with Crippen molar-refractivity contribution >= 4 is 21.6 Å². The summed E-state index contributed by atoms with van der Waals surface area (Å²) in [5.74, 6) is -0.140. The molecule has 1 unspecified atom stereocenters. The second kappa shape index (κ2) is 6.62. The third-order valence-corrected chi connectivity index (χ3v) is 4.81. The molecular formula is C14H20ClNO4S. The minimum Gasteiger partial charge on any atom is -0.348 e. The maximum atomic E-state index is 12.2. The molecule has 1 aromatic carbocycles. The monoisotopic (exact) mass is 333 g/mol. The van der Waals surface area contributed by atoms with Gasteiger partial charge in [-0.25, -0.2) is 13.1 Å². The van der Waals surface area contributed by atoms with Crippen LogP contribution >= 0.6 is 11.6 Å². The lowest BCUT2D eigenvalue weighted by Gasteiger charge is -2.17. The highest BCUT2D eigenvalue weighted by atomic mass is 35.5. The van der Waals surface area contributed by atoms with E-state index in [-0.39, 0.29) is 17.5 Å². The van der Waals surface area contributed by atoms with E-state index in [1.54, 1.807) is 38.1 Å². The quantitative estimate of drug-likeness (QED) is 0.807. The van der Waals surface area contributed by atoms with Crippen molar-refractivity contribution in [1.29, 1.82) is 0 Å². The minimum absolute atomic E-state index is 0.190. The Kier molecular flexibility index (Phi) is 5.27. The lowest BCUT2D eigenvalue weighted by atomic mass is 10.2. The van der Waals surface area contributed by atoms with Crippen LogP contribution in [0.3, 0.4) is 0 Å². The molecule has 1 saturated heterocycles. The first kappa shape index (κ1) is 16.7. The van der Waals surface area contributed by atoms with Crippen molar-refractivity contribution in [3.8, 4) is 0 Å². The Morgan fingerprint density at radius 3 is 2.52 bits per heavy atom. The fourth-order valence-corrected chi connectivity index (χ4v) is 3.38. The number of ether oxygens (including phenoxy) is 2. The first-order valence-corrected chi connectivity index (χ1v) is 8.80. The fourth-order valence-electron chi connectivity index (χ4n) is 2.09. The predicted molar refractivity (Wildman–Crippen MR) is 81.0 cm³/mol. The van der Waals surface area contributed by atoms with E-state index in [1.165, 1.54) is 0 Å². The predicted octanol–water partition coefficient (Wildman–Crippen LogP) is 1.90. The van der Waals surface area contributed by atoms with E-state index in [0.29, 0.717) is 12.5 Å². The van der Waals surface area contributed by atoms with Crippen LogP contribution in [0.1, 0.15) is 19.4 Å². The molecular weight excluding hydrogens is 314 g/mol. The van der Waals surface area contributed by atoms with E-state index in [4.69, 9.17) is 21.1 Å². The zero-order valence-electron chi connectivity index (χ0n) is 12.1. The second-order valence-electron chi connectivity index (χ2n) is 5.39. The van der Waals surface area contributed by atoms with Gasteiger partial charge in [0.1, 0.15) is 0 Å². The third kappa shape index (κ3) is 4.66. The highest BCUT2D eigenvalue weighted by Crippen LogP contribution is 2.22. The number of benzene rings is 1. The summed E-state index contributed by atoms with van der Waals surface area (Å²) in [6.07, 6.45) is 0.447. The van der Waals surface area contributed by atoms with Gasteiger partial charge in [0.25, 0.3) is 0 Å². The Bertz CT molecular complexity index is 571. The van der Waals surface area contributed by atoms with Crippen LogP contribution < -0.4 is 4.72 Å². The Morgan fingerprint density at radius 1 is 1.33 bits per heavy atom. The van der Waals surface area contributed by atoms with E-state index in [2.05, 4.69) is 4.72 Å². The molecule has 1 atom stereocenters. The van der Waals surface area contributed by atoms with Crippen LogP contribution in [0.4, 0.5) is 0 Å². The maximum Gasteiger partial charge on any atom is 0.240 e. The Labute approximate surface area is 130 Å². The summed E-state index contributed by atoms with van der Waals surface area (Å²) < 4.78 is 37.9. The Morgan fingerprint density at radius 2 is 2.00 bits per heavy atom. The van der Waals surface area contributed by atoms with Crippen molar-refractivity contribution in [2.24, 2.45) is 0 Å². The standard InChI is InChI=1S/C14H20ClNO4S/c1-14(2)19-10-12(20-14)9-16-21(17,18)13-5-3-11(4-6-13)7-8-15/h3-6,12,16H,7-10H2,1-2H3. The highest BCUT2D eigenvalue weighted by Gasteiger charge is 2.33. The SMILES string of the molecule is CC1(C)OCC(CNS(=O)(=O)c2ccc(CCCl)cc2)O1. The van der Waals surface area contributed by atoms with Crippen LogP contribution in [0.15, 0.2) is 29.2 Å². The number of rotatable bonds is 6. The van der Waals surface area contributed by atoms with Gasteiger partial charge in [0.05, 0.1) is 17.6 Å². The number of nitrogens with one attached hydrogen (secondary N) is 1. The zero-order chi connectivity index (χ0) is 15.5. The van der Waals surface area contributed by atoms with E-state index in [1.807, 2.05) is 0 Å². The maximum absolute atomic E-state index is 12.2. The number of sulfonamides is 1. The number of aryl methyl sites for hydroxylation is 1. The van der Waals surface area contributed by atoms with Gasteiger partial charge in [-0.3, -0.25) is 0 Å². The molecule has 0 aromatic heterocycles. The minimum atomic E-state index is -3.54. The summed E-state index contributed by atoms with van der Waals surface area (Å²) in [5.41, 5.74) is 1.01. The summed E-state index contributed by atoms with van der Waals surface area (Å²) in [6.45, 7) is 4.17. The van der Waals surface area contributed by atoms with Crippen LogP contribution in [-0.2, 0) is 25.9 Å². The molecule has 0 bridgehead atoms. The zero-order valence-corrected chi connectivity index (χ0v) is 13.7. The summed E-state index contributed by atoms with van der Waals surface area (Å²) >= 11 is 5.65. The van der Waals surface area contributed by atoms with Gasteiger partial charge < -0.3 is 9.47 Å². The Hall–Kier alpha value is -0.660. The smallest absolute Gasteiger partial charge is 0.240 e. The van der Waals surface area contributed by atoms with Crippen molar-refractivity contribution in [3.63, 3.8) is 0 Å². The molecule has 0 aliphatic carbocycles. The molecule has 0 saturated carbocycles. The molecule has 118 valence electrons. The first-order valence-electron chi connectivity index (χ1n) is 6.79. The van der Waals surface area contributed by atoms with Gasteiger partial charge in [0.2, 0.25) is 10.0 Å². The largest absolute Gasteiger partial charge is 0.348 e. The molecule has 0 radical (unpaired) electrons. The van der Waals surface area contributed by atoms with Gasteiger partial charge in [-0.15, -0.1) is 11.6 Å². The van der Waals surface area contributed by atoms with Crippen LogP contribution in [0.2, 0.25) is 0 Å².